The van der Waals surface area contributed by atoms with Gasteiger partial charge >= 0.3 is 12.4 Å². The summed E-state index contributed by atoms with van der Waals surface area (Å²) in [6.45, 7) is 3.92. The Morgan fingerprint density at radius 1 is 0.400 bits per heavy atom. The fourth-order valence-corrected chi connectivity index (χ4v) is 10.1. The normalized spacial score (nSPS) is 12.9. The minimum Gasteiger partial charge on any atom is -0.307 e. The number of imide groups is 1. The summed E-state index contributed by atoms with van der Waals surface area (Å²) in [7, 11) is 0. The topological polar surface area (TPSA) is 42.3 Å². The molecule has 0 saturated carbocycles. The number of aryl methyl sites for hydroxylation is 2. The van der Waals surface area contributed by atoms with Crippen molar-refractivity contribution in [1.82, 2.24) is 4.57 Å². The van der Waals surface area contributed by atoms with Crippen LogP contribution in [0, 0.1) is 13.8 Å². The molecule has 2 heterocycles. The van der Waals surface area contributed by atoms with E-state index in [1.807, 2.05) is 153 Å². The lowest BCUT2D eigenvalue weighted by Gasteiger charge is -2.24. The second kappa shape index (κ2) is 16.6. The second-order valence-electron chi connectivity index (χ2n) is 17.5. The third-order valence-electron chi connectivity index (χ3n) is 13.2. The molecule has 70 heavy (non-hydrogen) atoms. The molecule has 0 radical (unpaired) electrons. The van der Waals surface area contributed by atoms with Crippen LogP contribution in [0.15, 0.2) is 194 Å². The van der Waals surface area contributed by atoms with Gasteiger partial charge in [0.2, 0.25) is 0 Å². The van der Waals surface area contributed by atoms with Gasteiger partial charge in [-0.15, -0.1) is 0 Å². The van der Waals surface area contributed by atoms with Crippen molar-refractivity contribution in [1.29, 1.82) is 0 Å². The third kappa shape index (κ3) is 7.26. The Bertz CT molecular complexity index is 3680. The predicted molar refractivity (Wildman–Crippen MR) is 265 cm³/mol. The Labute approximate surface area is 398 Å². The van der Waals surface area contributed by atoms with Crippen LogP contribution >= 0.6 is 0 Å². The van der Waals surface area contributed by atoms with Gasteiger partial charge in [0.25, 0.3) is 11.8 Å². The van der Waals surface area contributed by atoms with Crippen LogP contribution in [0.2, 0.25) is 0 Å². The molecular formula is C60H38F6N2O2. The molecule has 1 aliphatic heterocycles. The maximum Gasteiger partial charge on any atom is 0.417 e. The van der Waals surface area contributed by atoms with Crippen molar-refractivity contribution in [2.24, 2.45) is 0 Å². The van der Waals surface area contributed by atoms with Gasteiger partial charge in [0.15, 0.2) is 0 Å². The summed E-state index contributed by atoms with van der Waals surface area (Å²) in [5.74, 6) is -1.28. The van der Waals surface area contributed by atoms with E-state index in [9.17, 15) is 13.2 Å². The molecule has 4 nitrogen and oxygen atoms in total. The highest BCUT2D eigenvalue weighted by Crippen LogP contribution is 2.50. The smallest absolute Gasteiger partial charge is 0.307 e. The van der Waals surface area contributed by atoms with Gasteiger partial charge < -0.3 is 4.57 Å². The maximum absolute atomic E-state index is 15.9. The fourth-order valence-electron chi connectivity index (χ4n) is 10.1. The van der Waals surface area contributed by atoms with Gasteiger partial charge in [0.1, 0.15) is 0 Å². The Morgan fingerprint density at radius 3 is 1.46 bits per heavy atom. The lowest BCUT2D eigenvalue weighted by Crippen LogP contribution is -2.30. The van der Waals surface area contributed by atoms with Crippen molar-refractivity contribution in [2.45, 2.75) is 26.2 Å². The highest BCUT2D eigenvalue weighted by atomic mass is 19.4. The minimum atomic E-state index is -5.19. The van der Waals surface area contributed by atoms with E-state index in [0.29, 0.717) is 44.7 Å². The van der Waals surface area contributed by atoms with E-state index >= 15 is 22.8 Å². The van der Waals surface area contributed by atoms with Crippen LogP contribution in [-0.4, -0.2) is 16.4 Å². The summed E-state index contributed by atoms with van der Waals surface area (Å²) in [5, 5.41) is 1.09. The summed E-state index contributed by atoms with van der Waals surface area (Å²) in [6.07, 6.45) is -10.2. The van der Waals surface area contributed by atoms with Crippen LogP contribution in [0.25, 0.3) is 83.1 Å². The number of anilines is 1. The van der Waals surface area contributed by atoms with Crippen LogP contribution < -0.4 is 4.90 Å². The number of aromatic nitrogens is 1. The van der Waals surface area contributed by atoms with Crippen molar-refractivity contribution in [3.8, 4) is 61.3 Å². The number of carbonyl (C=O) groups excluding carboxylic acids is 2. The molecule has 0 aliphatic carbocycles. The highest BCUT2D eigenvalue weighted by molar-refractivity contribution is 6.37. The van der Waals surface area contributed by atoms with Crippen molar-refractivity contribution >= 4 is 39.3 Å². The van der Waals surface area contributed by atoms with E-state index in [1.165, 1.54) is 11.0 Å². The van der Waals surface area contributed by atoms with Crippen molar-refractivity contribution < 1.29 is 35.9 Å². The summed E-state index contributed by atoms with van der Waals surface area (Å²) in [6, 6.07) is 55.4. The molecular weight excluding hydrogens is 895 g/mol. The molecule has 0 atom stereocenters. The molecule has 10 heteroatoms. The molecule has 0 saturated heterocycles. The number of nitrogens with zero attached hydrogens (tertiary/aromatic N) is 2. The molecule has 0 N–H and O–H groups in total. The van der Waals surface area contributed by atoms with Gasteiger partial charge in [-0.25, -0.2) is 4.90 Å². The molecule has 0 spiro atoms. The average Bonchev–Trinajstić information content (AvgIpc) is 3.84. The first-order valence-electron chi connectivity index (χ1n) is 22.5. The molecule has 9 aromatic carbocycles. The van der Waals surface area contributed by atoms with Crippen molar-refractivity contribution in [2.75, 3.05) is 4.90 Å². The van der Waals surface area contributed by atoms with Crippen LogP contribution in [-0.2, 0) is 12.4 Å². The Balaban J connectivity index is 1.23. The molecule has 10 aromatic rings. The number of hydrogen-bond donors (Lipinski definition) is 0. The van der Waals surface area contributed by atoms with Crippen LogP contribution in [0.3, 0.4) is 0 Å². The van der Waals surface area contributed by atoms with E-state index in [-0.39, 0.29) is 34.0 Å². The number of carbonyl (C=O) groups is 2. The van der Waals surface area contributed by atoms with Crippen LogP contribution in [0.1, 0.15) is 43.0 Å². The minimum absolute atomic E-state index is 0.00478. The number of rotatable bonds is 7. The quantitative estimate of drug-likeness (QED) is 0.118. The van der Waals surface area contributed by atoms with E-state index in [4.69, 9.17) is 0 Å². The summed E-state index contributed by atoms with van der Waals surface area (Å²) in [4.78, 5) is 32.5. The number of hydrogen-bond acceptors (Lipinski definition) is 2. The lowest BCUT2D eigenvalue weighted by atomic mass is 9.90. The van der Waals surface area contributed by atoms with E-state index in [1.54, 1.807) is 34.9 Å². The van der Waals surface area contributed by atoms with Gasteiger partial charge in [-0.3, -0.25) is 9.59 Å². The third-order valence-corrected chi connectivity index (χ3v) is 13.2. The van der Waals surface area contributed by atoms with Gasteiger partial charge in [-0.05, 0) is 89.2 Å². The van der Waals surface area contributed by atoms with Crippen LogP contribution in [0.5, 0.6) is 0 Å². The average molecular weight is 933 g/mol. The number of alkyl halides is 6. The number of amides is 2. The number of fused-ring (bicyclic) bond motifs is 4. The maximum atomic E-state index is 15.9. The Hall–Kier alpha value is -8.50. The standard InChI is InChI=1S/C60H38F6N2O2/c1-35-27-29-42(36(2)31-35)44-21-12-23-46-47-24-13-22-45(43-30-28-41(59(61,62)63)34-51(43)60(64,65)66)55(47)67(54(44)46)52-26-14-25-48-53(52)58(70)68(57(48)69)56-49(38-17-8-4-9-18-38)32-40(37-15-6-3-7-16-37)33-50(56)39-19-10-5-11-20-39/h3-34H,1-2H3. The highest BCUT2D eigenvalue weighted by Gasteiger charge is 2.43. The van der Waals surface area contributed by atoms with Crippen LogP contribution in [0.4, 0.5) is 32.0 Å². The molecule has 0 bridgehead atoms. The van der Waals surface area contributed by atoms with E-state index in [0.717, 1.165) is 45.0 Å². The zero-order valence-corrected chi connectivity index (χ0v) is 37.5. The van der Waals surface area contributed by atoms with E-state index < -0.39 is 40.9 Å². The zero-order valence-electron chi connectivity index (χ0n) is 37.5. The van der Waals surface area contributed by atoms with Crippen molar-refractivity contribution in [3.05, 3.63) is 228 Å². The lowest BCUT2D eigenvalue weighted by molar-refractivity contribution is -0.142. The Kier molecular flexibility index (Phi) is 10.5. The molecule has 1 aliphatic rings. The summed E-state index contributed by atoms with van der Waals surface area (Å²) < 4.78 is 89.4. The first kappa shape index (κ1) is 44.0. The molecule has 0 unspecified atom stereocenters. The number of benzene rings is 9. The zero-order chi connectivity index (χ0) is 48.6. The first-order chi connectivity index (χ1) is 33.7. The molecule has 11 rings (SSSR count). The van der Waals surface area contributed by atoms with Crippen molar-refractivity contribution in [3.63, 3.8) is 0 Å². The van der Waals surface area contributed by atoms with Gasteiger partial charge in [0.05, 0.1) is 44.7 Å². The van der Waals surface area contributed by atoms with Gasteiger partial charge in [0, 0.05) is 33.0 Å². The monoisotopic (exact) mass is 932 g/mol. The summed E-state index contributed by atoms with van der Waals surface area (Å²) >= 11 is 0. The number of para-hydroxylation sites is 2. The second-order valence-corrected chi connectivity index (χ2v) is 17.5. The molecule has 342 valence electrons. The largest absolute Gasteiger partial charge is 0.417 e. The predicted octanol–water partition coefficient (Wildman–Crippen LogP) is 16.6. The van der Waals surface area contributed by atoms with E-state index in [2.05, 4.69) is 0 Å². The van der Waals surface area contributed by atoms with Gasteiger partial charge in [-0.2, -0.15) is 26.3 Å². The SMILES string of the molecule is Cc1ccc(-c2cccc3c4cccc(-c5ccc(C(F)(F)F)cc5C(F)(F)F)c4n(-c4cccc5c4C(=O)N(c4c(-c6ccccc6)cc(-c6ccccc6)cc4-c4ccccc4)C5=O)c23)c(C)c1. The van der Waals surface area contributed by atoms with Gasteiger partial charge in [-0.1, -0.05) is 163 Å². The Morgan fingerprint density at radius 2 is 0.914 bits per heavy atom. The fraction of sp³-hybridized carbons (Fsp3) is 0.0667. The first-order valence-corrected chi connectivity index (χ1v) is 22.5. The molecule has 1 aromatic heterocycles. The summed E-state index contributed by atoms with van der Waals surface area (Å²) in [5.41, 5.74) is 5.76. The molecule has 0 fully saturated rings. The molecule has 2 amide bonds. The number of halogens is 6.